The van der Waals surface area contributed by atoms with E-state index in [1.807, 2.05) is 19.1 Å². The van der Waals surface area contributed by atoms with Gasteiger partial charge in [-0.15, -0.1) is 0 Å². The summed E-state index contributed by atoms with van der Waals surface area (Å²) in [7, 11) is 0. The number of hydrogen-bond acceptors (Lipinski definition) is 3. The van der Waals surface area contributed by atoms with E-state index in [1.165, 1.54) is 18.5 Å². The van der Waals surface area contributed by atoms with Crippen molar-refractivity contribution in [3.05, 3.63) is 29.8 Å². The van der Waals surface area contributed by atoms with E-state index >= 15 is 0 Å². The second-order valence-corrected chi connectivity index (χ2v) is 5.60. The van der Waals surface area contributed by atoms with Crippen LogP contribution in [0.4, 0.5) is 5.69 Å². The van der Waals surface area contributed by atoms with Crippen molar-refractivity contribution < 1.29 is 9.84 Å². The summed E-state index contributed by atoms with van der Waals surface area (Å²) in [4.78, 5) is 2.39. The maximum absolute atomic E-state index is 9.84. The molecule has 1 N–H and O–H groups in total. The predicted molar refractivity (Wildman–Crippen MR) is 83.2 cm³/mol. The van der Waals surface area contributed by atoms with E-state index in [-0.39, 0.29) is 6.10 Å². The van der Waals surface area contributed by atoms with Crippen molar-refractivity contribution in [1.29, 1.82) is 0 Å². The zero-order chi connectivity index (χ0) is 14.4. The Morgan fingerprint density at radius 1 is 1.30 bits per heavy atom. The minimum absolute atomic E-state index is 0.342. The predicted octanol–water partition coefficient (Wildman–Crippen LogP) is 3.53. The highest BCUT2D eigenvalue weighted by atomic mass is 16.5. The van der Waals surface area contributed by atoms with E-state index in [2.05, 4.69) is 24.0 Å². The van der Waals surface area contributed by atoms with Gasteiger partial charge in [0.2, 0.25) is 0 Å². The number of piperidine rings is 1. The van der Waals surface area contributed by atoms with Crippen molar-refractivity contribution >= 4 is 5.69 Å². The first-order valence-corrected chi connectivity index (χ1v) is 7.89. The molecule has 0 radical (unpaired) electrons. The molecule has 0 aromatic heterocycles. The number of aliphatic hydroxyl groups excluding tert-OH is 1. The van der Waals surface area contributed by atoms with Crippen LogP contribution >= 0.6 is 0 Å². The Morgan fingerprint density at radius 2 is 2.05 bits per heavy atom. The summed E-state index contributed by atoms with van der Waals surface area (Å²) in [6.07, 6.45) is 4.23. The van der Waals surface area contributed by atoms with Gasteiger partial charge in [0.1, 0.15) is 0 Å². The van der Waals surface area contributed by atoms with Crippen LogP contribution in [0.25, 0.3) is 0 Å². The molecule has 0 bridgehead atoms. The van der Waals surface area contributed by atoms with Crippen LogP contribution in [0.3, 0.4) is 0 Å². The SMILES string of the molecule is CCCOC1CCCN(c2ccc([C@H](O)CC)cc2)C1. The second kappa shape index (κ2) is 7.65. The molecule has 0 amide bonds. The Hall–Kier alpha value is -1.06. The fraction of sp³-hybridized carbons (Fsp3) is 0.647. The Kier molecular flexibility index (Phi) is 5.86. The molecule has 0 aliphatic carbocycles. The molecule has 0 saturated carbocycles. The normalized spacial score (nSPS) is 20.9. The van der Waals surface area contributed by atoms with Crippen molar-refractivity contribution in [3.63, 3.8) is 0 Å². The quantitative estimate of drug-likeness (QED) is 0.863. The molecule has 1 heterocycles. The van der Waals surface area contributed by atoms with Gasteiger partial charge in [0.15, 0.2) is 0 Å². The number of aliphatic hydroxyl groups is 1. The number of rotatable bonds is 6. The fourth-order valence-corrected chi connectivity index (χ4v) is 2.74. The van der Waals surface area contributed by atoms with E-state index in [4.69, 9.17) is 4.74 Å². The van der Waals surface area contributed by atoms with Crippen molar-refractivity contribution in [2.75, 3.05) is 24.6 Å². The molecule has 20 heavy (non-hydrogen) atoms. The van der Waals surface area contributed by atoms with Gasteiger partial charge in [-0.3, -0.25) is 0 Å². The molecule has 112 valence electrons. The monoisotopic (exact) mass is 277 g/mol. The average molecular weight is 277 g/mol. The van der Waals surface area contributed by atoms with E-state index in [0.29, 0.717) is 6.10 Å². The standard InChI is InChI=1S/C17H27NO2/c1-3-12-20-16-6-5-11-18(13-16)15-9-7-14(8-10-15)17(19)4-2/h7-10,16-17,19H,3-6,11-13H2,1-2H3/t16?,17-/m1/s1. The molecule has 1 aliphatic rings. The summed E-state index contributed by atoms with van der Waals surface area (Å²) in [6.45, 7) is 7.09. The first-order valence-electron chi connectivity index (χ1n) is 7.89. The Bertz CT molecular complexity index is 390. The van der Waals surface area contributed by atoms with Crippen LogP contribution in [0.15, 0.2) is 24.3 Å². The van der Waals surface area contributed by atoms with Crippen LogP contribution in [0.2, 0.25) is 0 Å². The molecule has 2 rings (SSSR count). The molecule has 0 spiro atoms. The lowest BCUT2D eigenvalue weighted by atomic mass is 10.0. The summed E-state index contributed by atoms with van der Waals surface area (Å²) in [5.74, 6) is 0. The maximum Gasteiger partial charge on any atom is 0.0787 e. The fourth-order valence-electron chi connectivity index (χ4n) is 2.74. The molecule has 1 aromatic carbocycles. The first-order chi connectivity index (χ1) is 9.74. The molecule has 1 aliphatic heterocycles. The van der Waals surface area contributed by atoms with Gasteiger partial charge >= 0.3 is 0 Å². The lowest BCUT2D eigenvalue weighted by Crippen LogP contribution is -2.39. The molecule has 3 heteroatoms. The van der Waals surface area contributed by atoms with Crippen molar-refractivity contribution in [2.45, 2.75) is 51.7 Å². The maximum atomic E-state index is 9.84. The van der Waals surface area contributed by atoms with Crippen LogP contribution in [0, 0.1) is 0 Å². The van der Waals surface area contributed by atoms with Crippen LogP contribution in [0.1, 0.15) is 51.2 Å². The number of ether oxygens (including phenoxy) is 1. The molecular formula is C17H27NO2. The van der Waals surface area contributed by atoms with Crippen LogP contribution < -0.4 is 4.90 Å². The second-order valence-electron chi connectivity index (χ2n) is 5.60. The molecule has 1 fully saturated rings. The van der Waals surface area contributed by atoms with E-state index in [9.17, 15) is 5.11 Å². The third-order valence-electron chi connectivity index (χ3n) is 3.97. The van der Waals surface area contributed by atoms with Crippen LogP contribution in [0.5, 0.6) is 0 Å². The van der Waals surface area contributed by atoms with Crippen molar-refractivity contribution in [3.8, 4) is 0 Å². The zero-order valence-corrected chi connectivity index (χ0v) is 12.7. The Labute approximate surface area is 122 Å². The zero-order valence-electron chi connectivity index (χ0n) is 12.7. The lowest BCUT2D eigenvalue weighted by molar-refractivity contribution is 0.0440. The summed E-state index contributed by atoms with van der Waals surface area (Å²) in [5, 5.41) is 9.84. The van der Waals surface area contributed by atoms with Gasteiger partial charge < -0.3 is 14.7 Å². The van der Waals surface area contributed by atoms with E-state index < -0.39 is 0 Å². The van der Waals surface area contributed by atoms with E-state index in [1.54, 1.807) is 0 Å². The number of hydrogen-bond donors (Lipinski definition) is 1. The Morgan fingerprint density at radius 3 is 2.70 bits per heavy atom. The smallest absolute Gasteiger partial charge is 0.0787 e. The van der Waals surface area contributed by atoms with Gasteiger partial charge in [-0.2, -0.15) is 0 Å². The van der Waals surface area contributed by atoms with Gasteiger partial charge in [0.25, 0.3) is 0 Å². The highest BCUT2D eigenvalue weighted by Gasteiger charge is 2.20. The molecule has 3 nitrogen and oxygen atoms in total. The number of anilines is 1. The van der Waals surface area contributed by atoms with Gasteiger partial charge in [0, 0.05) is 25.4 Å². The minimum Gasteiger partial charge on any atom is -0.388 e. The van der Waals surface area contributed by atoms with Gasteiger partial charge in [-0.25, -0.2) is 0 Å². The van der Waals surface area contributed by atoms with E-state index in [0.717, 1.165) is 38.1 Å². The number of nitrogens with zero attached hydrogens (tertiary/aromatic N) is 1. The largest absolute Gasteiger partial charge is 0.388 e. The molecular weight excluding hydrogens is 250 g/mol. The topological polar surface area (TPSA) is 32.7 Å². The molecule has 1 saturated heterocycles. The van der Waals surface area contributed by atoms with Crippen molar-refractivity contribution in [2.24, 2.45) is 0 Å². The average Bonchev–Trinajstić information content (AvgIpc) is 2.52. The first kappa shape index (κ1) is 15.3. The van der Waals surface area contributed by atoms with Gasteiger partial charge in [-0.1, -0.05) is 26.0 Å². The highest BCUT2D eigenvalue weighted by Crippen LogP contribution is 2.24. The molecule has 1 aromatic rings. The summed E-state index contributed by atoms with van der Waals surface area (Å²) in [5.41, 5.74) is 2.24. The summed E-state index contributed by atoms with van der Waals surface area (Å²) < 4.78 is 5.88. The highest BCUT2D eigenvalue weighted by molar-refractivity contribution is 5.48. The van der Waals surface area contributed by atoms with Gasteiger partial charge in [-0.05, 0) is 43.4 Å². The van der Waals surface area contributed by atoms with Gasteiger partial charge in [0.05, 0.1) is 12.2 Å². The minimum atomic E-state index is -0.342. The summed E-state index contributed by atoms with van der Waals surface area (Å²) in [6, 6.07) is 8.33. The molecule has 1 unspecified atom stereocenters. The third kappa shape index (κ3) is 3.97. The van der Waals surface area contributed by atoms with Crippen LogP contribution in [-0.2, 0) is 4.74 Å². The van der Waals surface area contributed by atoms with Crippen LogP contribution in [-0.4, -0.2) is 30.9 Å². The van der Waals surface area contributed by atoms with Crippen molar-refractivity contribution in [1.82, 2.24) is 0 Å². The Balaban J connectivity index is 1.96. The molecule has 2 atom stereocenters. The summed E-state index contributed by atoms with van der Waals surface area (Å²) >= 11 is 0. The lowest BCUT2D eigenvalue weighted by Gasteiger charge is -2.34. The third-order valence-corrected chi connectivity index (χ3v) is 3.97. The number of benzene rings is 1.